The van der Waals surface area contributed by atoms with Crippen LogP contribution in [0.3, 0.4) is 0 Å². The number of benzene rings is 2. The molecule has 0 bridgehead atoms. The Morgan fingerprint density at radius 2 is 1.76 bits per heavy atom. The van der Waals surface area contributed by atoms with Gasteiger partial charge < -0.3 is 9.30 Å². The SMILES string of the molecule is COC(=O)c1ccc(C(S)(Cn2ccnc2)c2ccc(F)cc2)cc1. The third-order valence-corrected chi connectivity index (χ3v) is 4.73. The molecule has 0 N–H and O–H groups in total. The van der Waals surface area contributed by atoms with Gasteiger partial charge in [-0.2, -0.15) is 12.6 Å². The zero-order chi connectivity index (χ0) is 17.9. The molecule has 0 aliphatic rings. The van der Waals surface area contributed by atoms with Crippen molar-refractivity contribution in [1.82, 2.24) is 9.55 Å². The number of hydrogen-bond acceptors (Lipinski definition) is 4. The van der Waals surface area contributed by atoms with Crippen molar-refractivity contribution in [3.63, 3.8) is 0 Å². The third kappa shape index (κ3) is 3.58. The van der Waals surface area contributed by atoms with E-state index in [-0.39, 0.29) is 5.82 Å². The summed E-state index contributed by atoms with van der Waals surface area (Å²) in [6.07, 6.45) is 5.24. The molecule has 0 saturated heterocycles. The number of ether oxygens (including phenoxy) is 1. The minimum absolute atomic E-state index is 0.303. The zero-order valence-electron chi connectivity index (χ0n) is 13.6. The Kier molecular flexibility index (Phi) is 4.90. The van der Waals surface area contributed by atoms with Gasteiger partial charge in [0.05, 0.1) is 23.7 Å². The van der Waals surface area contributed by atoms with Gasteiger partial charge in [-0.05, 0) is 35.4 Å². The number of carbonyl (C=O) groups is 1. The minimum Gasteiger partial charge on any atom is -0.465 e. The molecule has 2 aromatic carbocycles. The molecule has 3 rings (SSSR count). The van der Waals surface area contributed by atoms with Crippen LogP contribution in [0.15, 0.2) is 67.3 Å². The summed E-state index contributed by atoms with van der Waals surface area (Å²) in [5.74, 6) is -0.698. The van der Waals surface area contributed by atoms with Gasteiger partial charge in [-0.15, -0.1) is 0 Å². The van der Waals surface area contributed by atoms with E-state index in [2.05, 4.69) is 4.98 Å². The number of carbonyl (C=O) groups excluding carboxylic acids is 1. The van der Waals surface area contributed by atoms with Gasteiger partial charge in [0.15, 0.2) is 0 Å². The largest absolute Gasteiger partial charge is 0.465 e. The summed E-state index contributed by atoms with van der Waals surface area (Å²) < 4.78 is 19.3. The first kappa shape index (κ1) is 17.2. The van der Waals surface area contributed by atoms with E-state index >= 15 is 0 Å². The Labute approximate surface area is 150 Å². The number of aromatic nitrogens is 2. The first-order valence-corrected chi connectivity index (χ1v) is 8.10. The van der Waals surface area contributed by atoms with Crippen molar-refractivity contribution in [2.24, 2.45) is 0 Å². The molecule has 0 radical (unpaired) electrons. The second-order valence-electron chi connectivity index (χ2n) is 5.67. The van der Waals surface area contributed by atoms with E-state index in [1.54, 1.807) is 36.8 Å². The van der Waals surface area contributed by atoms with Crippen LogP contribution >= 0.6 is 12.6 Å². The number of halogens is 1. The number of nitrogens with zero attached hydrogens (tertiary/aromatic N) is 2. The Bertz CT molecular complexity index is 848. The van der Waals surface area contributed by atoms with E-state index < -0.39 is 10.7 Å². The highest BCUT2D eigenvalue weighted by Gasteiger charge is 2.31. The lowest BCUT2D eigenvalue weighted by Gasteiger charge is -2.30. The molecule has 0 fully saturated rings. The normalized spacial score (nSPS) is 13.2. The van der Waals surface area contributed by atoms with Crippen molar-refractivity contribution in [3.05, 3.63) is 89.8 Å². The maximum absolute atomic E-state index is 13.3. The molecule has 25 heavy (non-hydrogen) atoms. The molecule has 1 aromatic heterocycles. The van der Waals surface area contributed by atoms with Crippen LogP contribution in [-0.2, 0) is 16.0 Å². The Balaban J connectivity index is 2.04. The van der Waals surface area contributed by atoms with E-state index in [1.165, 1.54) is 19.2 Å². The van der Waals surface area contributed by atoms with Crippen molar-refractivity contribution < 1.29 is 13.9 Å². The molecule has 1 unspecified atom stereocenters. The van der Waals surface area contributed by atoms with Gasteiger partial charge in [0.25, 0.3) is 0 Å². The lowest BCUT2D eigenvalue weighted by Crippen LogP contribution is -2.27. The summed E-state index contributed by atoms with van der Waals surface area (Å²) in [6, 6.07) is 13.3. The van der Waals surface area contributed by atoms with Crippen molar-refractivity contribution >= 4 is 18.6 Å². The van der Waals surface area contributed by atoms with Crippen molar-refractivity contribution in [2.75, 3.05) is 7.11 Å². The third-order valence-electron chi connectivity index (χ3n) is 4.08. The van der Waals surface area contributed by atoms with Crippen molar-refractivity contribution in [2.45, 2.75) is 11.3 Å². The Morgan fingerprint density at radius 1 is 1.16 bits per heavy atom. The molecule has 3 aromatic rings. The molecular formula is C19H17FN2O2S. The molecular weight excluding hydrogens is 339 g/mol. The van der Waals surface area contributed by atoms with E-state index in [4.69, 9.17) is 17.4 Å². The van der Waals surface area contributed by atoms with Crippen LogP contribution in [0.5, 0.6) is 0 Å². The van der Waals surface area contributed by atoms with Gasteiger partial charge in [-0.3, -0.25) is 0 Å². The standard InChI is InChI=1S/C19H17FN2O2S/c1-24-18(23)14-2-4-15(5-3-14)19(25,12-22-11-10-21-13-22)16-6-8-17(20)9-7-16/h2-11,13,25H,12H2,1H3. The van der Waals surface area contributed by atoms with Gasteiger partial charge in [-0.25, -0.2) is 14.2 Å². The van der Waals surface area contributed by atoms with Crippen molar-refractivity contribution in [3.8, 4) is 0 Å². The predicted molar refractivity (Wildman–Crippen MR) is 96.2 cm³/mol. The van der Waals surface area contributed by atoms with Gasteiger partial charge in [0.1, 0.15) is 5.82 Å². The van der Waals surface area contributed by atoms with Crippen LogP contribution in [0.2, 0.25) is 0 Å². The summed E-state index contributed by atoms with van der Waals surface area (Å²) in [4.78, 5) is 15.7. The van der Waals surface area contributed by atoms with Gasteiger partial charge in [0, 0.05) is 18.9 Å². The highest BCUT2D eigenvalue weighted by atomic mass is 32.1. The van der Waals surface area contributed by atoms with E-state index in [0.29, 0.717) is 12.1 Å². The fourth-order valence-corrected chi connectivity index (χ4v) is 3.18. The highest BCUT2D eigenvalue weighted by molar-refractivity contribution is 7.81. The summed E-state index contributed by atoms with van der Waals surface area (Å²) in [5.41, 5.74) is 2.18. The Hall–Kier alpha value is -2.60. The minimum atomic E-state index is -0.719. The molecule has 4 nitrogen and oxygen atoms in total. The van der Waals surface area contributed by atoms with Crippen LogP contribution in [0.4, 0.5) is 4.39 Å². The number of methoxy groups -OCH3 is 1. The molecule has 0 saturated carbocycles. The molecule has 1 heterocycles. The average Bonchev–Trinajstić information content (AvgIpc) is 3.14. The van der Waals surface area contributed by atoms with Crippen LogP contribution in [0.25, 0.3) is 0 Å². The molecule has 128 valence electrons. The fraction of sp³-hybridized carbons (Fsp3) is 0.158. The van der Waals surface area contributed by atoms with E-state index in [1.807, 2.05) is 22.9 Å². The van der Waals surface area contributed by atoms with E-state index in [0.717, 1.165) is 11.1 Å². The Morgan fingerprint density at radius 3 is 2.28 bits per heavy atom. The van der Waals surface area contributed by atoms with Gasteiger partial charge in [0.2, 0.25) is 0 Å². The summed E-state index contributed by atoms with van der Waals surface area (Å²) in [5, 5.41) is 0. The lowest BCUT2D eigenvalue weighted by molar-refractivity contribution is 0.0600. The molecule has 1 atom stereocenters. The summed E-state index contributed by atoms with van der Waals surface area (Å²) >= 11 is 4.94. The molecule has 0 aliphatic heterocycles. The topological polar surface area (TPSA) is 44.1 Å². The number of thiol groups is 1. The fourth-order valence-electron chi connectivity index (χ4n) is 2.72. The lowest BCUT2D eigenvalue weighted by atomic mass is 9.89. The van der Waals surface area contributed by atoms with Crippen LogP contribution in [0, 0.1) is 5.82 Å². The summed E-state index contributed by atoms with van der Waals surface area (Å²) in [7, 11) is 1.34. The number of hydrogen-bond donors (Lipinski definition) is 1. The molecule has 0 aliphatic carbocycles. The first-order chi connectivity index (χ1) is 12.0. The predicted octanol–water partition coefficient (Wildman–Crippen LogP) is 3.68. The van der Waals surface area contributed by atoms with Gasteiger partial charge in [-0.1, -0.05) is 24.3 Å². The smallest absolute Gasteiger partial charge is 0.337 e. The average molecular weight is 356 g/mol. The molecule has 0 amide bonds. The van der Waals surface area contributed by atoms with Crippen LogP contribution < -0.4 is 0 Å². The number of imidazole rings is 1. The van der Waals surface area contributed by atoms with Crippen molar-refractivity contribution in [1.29, 1.82) is 0 Å². The first-order valence-electron chi connectivity index (χ1n) is 7.66. The number of esters is 1. The zero-order valence-corrected chi connectivity index (χ0v) is 14.5. The van der Waals surface area contributed by atoms with Crippen LogP contribution in [0.1, 0.15) is 21.5 Å². The highest BCUT2D eigenvalue weighted by Crippen LogP contribution is 2.38. The van der Waals surface area contributed by atoms with E-state index in [9.17, 15) is 9.18 Å². The maximum Gasteiger partial charge on any atom is 0.337 e. The maximum atomic E-state index is 13.3. The number of rotatable bonds is 5. The molecule has 6 heteroatoms. The second-order valence-corrected chi connectivity index (χ2v) is 6.43. The molecule has 0 spiro atoms. The monoisotopic (exact) mass is 356 g/mol. The van der Waals surface area contributed by atoms with Crippen LogP contribution in [-0.4, -0.2) is 22.6 Å². The van der Waals surface area contributed by atoms with Gasteiger partial charge >= 0.3 is 5.97 Å². The second kappa shape index (κ2) is 7.11. The quantitative estimate of drug-likeness (QED) is 0.560. The summed E-state index contributed by atoms with van der Waals surface area (Å²) in [6.45, 7) is 0.499.